The van der Waals surface area contributed by atoms with Crippen molar-refractivity contribution in [3.63, 3.8) is 0 Å². The Morgan fingerprint density at radius 2 is 1.74 bits per heavy atom. The molecule has 4 nitrogen and oxygen atoms in total. The molecular formula is C16H20F3N2O2+. The summed E-state index contributed by atoms with van der Waals surface area (Å²) in [6, 6.07) is 6.17. The van der Waals surface area contributed by atoms with Crippen LogP contribution in [0.3, 0.4) is 0 Å². The lowest BCUT2D eigenvalue weighted by atomic mass is 10.1. The highest BCUT2D eigenvalue weighted by Crippen LogP contribution is 2.30. The zero-order chi connectivity index (χ0) is 17.4. The number of halogens is 3. The summed E-state index contributed by atoms with van der Waals surface area (Å²) in [5.41, 5.74) is -0.977. The number of hydrogen-bond donors (Lipinski definition) is 3. The molecule has 0 spiro atoms. The number of hydrogen-bond acceptors (Lipinski definition) is 3. The van der Waals surface area contributed by atoms with Gasteiger partial charge in [0.05, 0.1) is 10.9 Å². The molecule has 0 radical (unpaired) electrons. The fraction of sp³-hybridized carbons (Fsp3) is 0.438. The van der Waals surface area contributed by atoms with E-state index >= 15 is 0 Å². The molecule has 0 saturated carbocycles. The Kier molecular flexibility index (Phi) is 4.54. The van der Waals surface area contributed by atoms with Crippen LogP contribution in [0.25, 0.3) is 10.9 Å². The van der Waals surface area contributed by atoms with Crippen molar-refractivity contribution in [3.8, 4) is 0 Å². The molecule has 1 aromatic carbocycles. The number of aromatic nitrogens is 1. The minimum atomic E-state index is -4.50. The first-order chi connectivity index (χ1) is 10.5. The van der Waals surface area contributed by atoms with Gasteiger partial charge in [-0.3, -0.25) is 5.21 Å². The monoisotopic (exact) mass is 329 g/mol. The first kappa shape index (κ1) is 17.5. The molecule has 23 heavy (non-hydrogen) atoms. The van der Waals surface area contributed by atoms with Crippen LogP contribution < -0.4 is 10.0 Å². The van der Waals surface area contributed by atoms with Crippen molar-refractivity contribution in [2.75, 3.05) is 6.54 Å². The third-order valence-electron chi connectivity index (χ3n) is 3.43. The Morgan fingerprint density at radius 3 is 2.30 bits per heavy atom. The smallest absolute Gasteiger partial charge is 0.381 e. The molecule has 1 aromatic heterocycles. The van der Waals surface area contributed by atoms with Crippen molar-refractivity contribution in [2.45, 2.75) is 38.6 Å². The zero-order valence-electron chi connectivity index (χ0n) is 13.1. The average molecular weight is 329 g/mol. The second-order valence-corrected chi connectivity index (χ2v) is 6.49. The topological polar surface area (TPSA) is 56.4 Å². The zero-order valence-corrected chi connectivity index (χ0v) is 13.1. The number of aliphatic hydroxyl groups excluding tert-OH is 1. The maximum atomic E-state index is 12.8. The van der Waals surface area contributed by atoms with Gasteiger partial charge in [0.15, 0.2) is 6.10 Å². The molecule has 0 fully saturated rings. The average Bonchev–Trinajstić information content (AvgIpc) is 2.43. The summed E-state index contributed by atoms with van der Waals surface area (Å²) in [7, 11) is 0. The van der Waals surface area contributed by atoms with Gasteiger partial charge >= 0.3 is 6.18 Å². The fourth-order valence-corrected chi connectivity index (χ4v) is 2.19. The third-order valence-corrected chi connectivity index (χ3v) is 3.43. The minimum Gasteiger partial charge on any atom is -0.381 e. The largest absolute Gasteiger partial charge is 0.416 e. The van der Waals surface area contributed by atoms with Crippen molar-refractivity contribution in [1.29, 1.82) is 0 Å². The Bertz CT molecular complexity index is 709. The van der Waals surface area contributed by atoms with Gasteiger partial charge in [-0.2, -0.15) is 13.2 Å². The van der Waals surface area contributed by atoms with Crippen molar-refractivity contribution < 1.29 is 28.2 Å². The van der Waals surface area contributed by atoms with Gasteiger partial charge in [0, 0.05) is 28.9 Å². The van der Waals surface area contributed by atoms with E-state index in [4.69, 9.17) is 0 Å². The summed E-state index contributed by atoms with van der Waals surface area (Å²) < 4.78 is 39.0. The summed E-state index contributed by atoms with van der Waals surface area (Å²) in [6.45, 7) is 5.92. The predicted octanol–water partition coefficient (Wildman–Crippen LogP) is 2.80. The number of alkyl halides is 3. The molecule has 2 aromatic rings. The van der Waals surface area contributed by atoms with Gasteiger partial charge in [-0.25, -0.2) is 0 Å². The van der Waals surface area contributed by atoms with Gasteiger partial charge in [0.25, 0.3) is 11.2 Å². The third kappa shape index (κ3) is 4.11. The van der Waals surface area contributed by atoms with Crippen LogP contribution in [0.4, 0.5) is 13.2 Å². The molecule has 0 aliphatic carbocycles. The van der Waals surface area contributed by atoms with E-state index in [0.29, 0.717) is 10.1 Å². The van der Waals surface area contributed by atoms with Gasteiger partial charge in [0.2, 0.25) is 0 Å². The highest BCUT2D eigenvalue weighted by molar-refractivity contribution is 5.76. The molecular weight excluding hydrogens is 309 g/mol. The maximum absolute atomic E-state index is 12.8. The lowest BCUT2D eigenvalue weighted by molar-refractivity contribution is -0.891. The molecule has 1 unspecified atom stereocenters. The van der Waals surface area contributed by atoms with E-state index < -0.39 is 17.8 Å². The maximum Gasteiger partial charge on any atom is 0.416 e. The van der Waals surface area contributed by atoms with Crippen molar-refractivity contribution in [3.05, 3.63) is 41.6 Å². The van der Waals surface area contributed by atoms with Crippen molar-refractivity contribution in [2.24, 2.45) is 0 Å². The fourth-order valence-electron chi connectivity index (χ4n) is 2.19. The lowest BCUT2D eigenvalue weighted by Gasteiger charge is -2.21. The normalized spacial score (nSPS) is 14.2. The highest BCUT2D eigenvalue weighted by atomic mass is 19.4. The van der Waals surface area contributed by atoms with E-state index in [-0.39, 0.29) is 23.3 Å². The number of benzene rings is 1. The number of aliphatic hydroxyl groups is 1. The molecule has 0 aliphatic heterocycles. The number of nitrogens with zero attached hydrogens (tertiary/aromatic N) is 1. The molecule has 1 heterocycles. The number of pyridine rings is 1. The van der Waals surface area contributed by atoms with Gasteiger partial charge in [-0.15, -0.1) is 0 Å². The first-order valence-corrected chi connectivity index (χ1v) is 7.17. The van der Waals surface area contributed by atoms with E-state index in [1.807, 2.05) is 20.8 Å². The quantitative estimate of drug-likeness (QED) is 0.599. The summed E-state index contributed by atoms with van der Waals surface area (Å²) in [5.74, 6) is 0. The highest BCUT2D eigenvalue weighted by Gasteiger charge is 2.33. The van der Waals surface area contributed by atoms with Gasteiger partial charge in [-0.1, -0.05) is 0 Å². The van der Waals surface area contributed by atoms with E-state index in [0.717, 1.165) is 12.1 Å². The standard InChI is InChI=1S/C16H20F3N2O2/c1-15(2,3)20-9-14(22)12-7-5-10-4-6-11(16(17,18)19)8-13(10)21(12)23/h4-8,14,20,22-23H,9H2,1-3H3/q+1. The van der Waals surface area contributed by atoms with Crippen LogP contribution in [0.2, 0.25) is 0 Å². The number of rotatable bonds is 3. The Balaban J connectivity index is 2.40. The lowest BCUT2D eigenvalue weighted by Crippen LogP contribution is -2.43. The number of β-amino-alcohol motifs (C(OH)–C–C–N with tert-alkyl or cyclic N) is 1. The molecule has 0 amide bonds. The van der Waals surface area contributed by atoms with Gasteiger partial charge < -0.3 is 10.4 Å². The van der Waals surface area contributed by atoms with Gasteiger partial charge in [0.1, 0.15) is 0 Å². The molecule has 7 heteroatoms. The van der Waals surface area contributed by atoms with E-state index in [1.165, 1.54) is 12.1 Å². The van der Waals surface area contributed by atoms with Crippen LogP contribution in [0.5, 0.6) is 0 Å². The van der Waals surface area contributed by atoms with E-state index in [9.17, 15) is 23.5 Å². The summed E-state index contributed by atoms with van der Waals surface area (Å²) in [5, 5.41) is 23.9. The van der Waals surface area contributed by atoms with Crippen LogP contribution in [0, 0.1) is 0 Å². The SMILES string of the molecule is CC(C)(C)NCC(O)c1ccc2ccc(C(F)(F)F)cc2[n+]1O. The second kappa shape index (κ2) is 5.98. The Hall–Kier alpha value is -1.86. The number of nitrogens with one attached hydrogen (secondary N) is 1. The minimum absolute atomic E-state index is 0.00728. The first-order valence-electron chi connectivity index (χ1n) is 7.17. The molecule has 0 saturated heterocycles. The molecule has 0 aliphatic rings. The van der Waals surface area contributed by atoms with Crippen LogP contribution in [-0.4, -0.2) is 22.4 Å². The summed E-state index contributed by atoms with van der Waals surface area (Å²) in [6.07, 6.45) is -5.55. The second-order valence-electron chi connectivity index (χ2n) is 6.49. The van der Waals surface area contributed by atoms with Crippen LogP contribution in [-0.2, 0) is 6.18 Å². The molecule has 1 atom stereocenters. The van der Waals surface area contributed by atoms with Gasteiger partial charge in [-0.05, 0) is 39.0 Å². The predicted molar refractivity (Wildman–Crippen MR) is 79.0 cm³/mol. The number of fused-ring (bicyclic) bond motifs is 1. The molecule has 2 rings (SSSR count). The summed E-state index contributed by atoms with van der Waals surface area (Å²) >= 11 is 0. The van der Waals surface area contributed by atoms with Crippen molar-refractivity contribution >= 4 is 10.9 Å². The summed E-state index contributed by atoms with van der Waals surface area (Å²) in [4.78, 5) is 0. The van der Waals surface area contributed by atoms with Crippen molar-refractivity contribution in [1.82, 2.24) is 5.32 Å². The molecule has 126 valence electrons. The van der Waals surface area contributed by atoms with Crippen LogP contribution in [0.15, 0.2) is 30.3 Å². The Labute approximate surface area is 132 Å². The molecule has 0 bridgehead atoms. The van der Waals surface area contributed by atoms with E-state index in [2.05, 4.69) is 5.32 Å². The van der Waals surface area contributed by atoms with E-state index in [1.54, 1.807) is 6.07 Å². The van der Waals surface area contributed by atoms with Crippen LogP contribution in [0.1, 0.15) is 38.1 Å². The Morgan fingerprint density at radius 1 is 1.13 bits per heavy atom. The van der Waals surface area contributed by atoms with Crippen LogP contribution >= 0.6 is 0 Å². The molecule has 3 N–H and O–H groups in total.